The summed E-state index contributed by atoms with van der Waals surface area (Å²) in [4.78, 5) is 3.09. The Morgan fingerprint density at radius 1 is 1.27 bits per heavy atom. The van der Waals surface area contributed by atoms with Gasteiger partial charge < -0.3 is 21.4 Å². The summed E-state index contributed by atoms with van der Waals surface area (Å²) < 4.78 is 5.31. The third kappa shape index (κ3) is 1.43. The molecule has 0 fully saturated rings. The zero-order valence-electron chi connectivity index (χ0n) is 6.10. The molecular formula is C8H8BrNO. The molecule has 0 amide bonds. The number of para-hydroxylation sites is 2. The van der Waals surface area contributed by atoms with E-state index in [1.165, 1.54) is 0 Å². The second kappa shape index (κ2) is 3.05. The smallest absolute Gasteiger partial charge is 0.343 e. The molecule has 1 N–H and O–H groups in total. The lowest BCUT2D eigenvalue weighted by Gasteiger charge is -1.74. The van der Waals surface area contributed by atoms with Gasteiger partial charge in [-0.2, -0.15) is 4.98 Å². The quantitative estimate of drug-likeness (QED) is 0.527. The first-order valence-electron chi connectivity index (χ1n) is 3.24. The molecule has 2 nitrogen and oxygen atoms in total. The van der Waals surface area contributed by atoms with Crippen molar-refractivity contribution in [1.82, 2.24) is 0 Å². The summed E-state index contributed by atoms with van der Waals surface area (Å²) in [6.45, 7) is 1.90. The van der Waals surface area contributed by atoms with Crippen LogP contribution in [0.1, 0.15) is 5.89 Å². The molecule has 11 heavy (non-hydrogen) atoms. The van der Waals surface area contributed by atoms with E-state index in [1.807, 2.05) is 31.2 Å². The van der Waals surface area contributed by atoms with Crippen molar-refractivity contribution in [2.24, 2.45) is 0 Å². The molecule has 1 aromatic carbocycles. The maximum Gasteiger partial charge on any atom is 0.343 e. The molecule has 0 saturated carbocycles. The number of aromatic nitrogens is 1. The second-order valence-corrected chi connectivity index (χ2v) is 2.28. The molecule has 0 aliphatic rings. The first-order chi connectivity index (χ1) is 4.86. The maximum absolute atomic E-state index is 5.31. The fraction of sp³-hybridized carbons (Fsp3) is 0.125. The molecule has 2 aromatic rings. The number of fused-ring (bicyclic) bond motifs is 1. The fourth-order valence-corrected chi connectivity index (χ4v) is 1.04. The Balaban J connectivity index is 0.000000605. The van der Waals surface area contributed by atoms with E-state index in [0.29, 0.717) is 0 Å². The molecule has 0 spiro atoms. The summed E-state index contributed by atoms with van der Waals surface area (Å²) in [5.41, 5.74) is 1.97. The largest absolute Gasteiger partial charge is 1.00 e. The lowest BCUT2D eigenvalue weighted by molar-refractivity contribution is -0.365. The number of benzene rings is 1. The van der Waals surface area contributed by atoms with Crippen molar-refractivity contribution < 1.29 is 26.4 Å². The van der Waals surface area contributed by atoms with Crippen molar-refractivity contribution in [1.29, 1.82) is 0 Å². The van der Waals surface area contributed by atoms with Gasteiger partial charge in [0.05, 0.1) is 6.92 Å². The maximum atomic E-state index is 5.31. The van der Waals surface area contributed by atoms with Gasteiger partial charge >= 0.3 is 5.89 Å². The average Bonchev–Trinajstić information content (AvgIpc) is 2.27. The summed E-state index contributed by atoms with van der Waals surface area (Å²) in [6.07, 6.45) is 0. The van der Waals surface area contributed by atoms with E-state index in [1.54, 1.807) is 0 Å². The molecule has 58 valence electrons. The molecule has 0 radical (unpaired) electrons. The van der Waals surface area contributed by atoms with Crippen LogP contribution in [0.3, 0.4) is 0 Å². The van der Waals surface area contributed by atoms with Crippen LogP contribution in [0, 0.1) is 6.92 Å². The van der Waals surface area contributed by atoms with Crippen molar-refractivity contribution in [3.8, 4) is 0 Å². The molecule has 1 heterocycles. The summed E-state index contributed by atoms with van der Waals surface area (Å²) in [6, 6.07) is 7.87. The predicted octanol–water partition coefficient (Wildman–Crippen LogP) is -1.44. The highest BCUT2D eigenvalue weighted by Crippen LogP contribution is 2.08. The van der Waals surface area contributed by atoms with E-state index in [0.717, 1.165) is 17.0 Å². The Labute approximate surface area is 75.0 Å². The molecule has 0 bridgehead atoms. The molecule has 0 unspecified atom stereocenters. The van der Waals surface area contributed by atoms with Gasteiger partial charge in [0, 0.05) is 6.07 Å². The van der Waals surface area contributed by atoms with Crippen LogP contribution in [-0.4, -0.2) is 0 Å². The van der Waals surface area contributed by atoms with E-state index in [-0.39, 0.29) is 17.0 Å². The molecule has 3 heteroatoms. The normalized spacial score (nSPS) is 9.55. The van der Waals surface area contributed by atoms with Crippen LogP contribution in [0.25, 0.3) is 11.1 Å². The number of hydrogen-bond donors (Lipinski definition) is 0. The van der Waals surface area contributed by atoms with Gasteiger partial charge in [0.25, 0.3) is 0 Å². The highest BCUT2D eigenvalue weighted by molar-refractivity contribution is 5.67. The summed E-state index contributed by atoms with van der Waals surface area (Å²) in [5.74, 6) is 0.848. The number of hydrogen-bond acceptors (Lipinski definition) is 1. The SMILES string of the molecule is Cc1[nH+]c2ccccc2o1.[Br-]. The lowest BCUT2D eigenvalue weighted by atomic mass is 10.3. The zero-order valence-corrected chi connectivity index (χ0v) is 7.68. The van der Waals surface area contributed by atoms with Crippen LogP contribution in [0.2, 0.25) is 0 Å². The highest BCUT2D eigenvalue weighted by Gasteiger charge is 2.04. The molecule has 0 aliphatic carbocycles. The molecule has 2 rings (SSSR count). The standard InChI is InChI=1S/C8H7NO.BrH/c1-6-9-7-4-2-3-5-8(7)10-6;/h2-5H,1H3;1H. The molecule has 1 aromatic heterocycles. The van der Waals surface area contributed by atoms with Crippen LogP contribution in [0.4, 0.5) is 0 Å². The molecule has 0 aliphatic heterocycles. The van der Waals surface area contributed by atoms with Gasteiger partial charge in [-0.3, -0.25) is 0 Å². The zero-order chi connectivity index (χ0) is 6.97. The molecular weight excluding hydrogens is 206 g/mol. The van der Waals surface area contributed by atoms with Crippen LogP contribution >= 0.6 is 0 Å². The summed E-state index contributed by atoms with van der Waals surface area (Å²) >= 11 is 0. The minimum Gasteiger partial charge on any atom is -1.00 e. The van der Waals surface area contributed by atoms with Gasteiger partial charge in [0.15, 0.2) is 0 Å². The Hall–Kier alpha value is -0.830. The van der Waals surface area contributed by atoms with Crippen molar-refractivity contribution in [2.45, 2.75) is 6.92 Å². The fourth-order valence-electron chi connectivity index (χ4n) is 1.04. The number of nitrogens with one attached hydrogen (secondary N) is 1. The van der Waals surface area contributed by atoms with E-state index in [9.17, 15) is 0 Å². The minimum atomic E-state index is 0. The minimum absolute atomic E-state index is 0. The number of H-pyrrole nitrogens is 1. The predicted molar refractivity (Wildman–Crippen MR) is 37.5 cm³/mol. The topological polar surface area (TPSA) is 27.3 Å². The Morgan fingerprint density at radius 2 is 2.00 bits per heavy atom. The summed E-state index contributed by atoms with van der Waals surface area (Å²) in [5, 5.41) is 0. The number of rotatable bonds is 0. The Kier molecular flexibility index (Phi) is 2.29. The van der Waals surface area contributed by atoms with Crippen molar-refractivity contribution >= 4 is 11.1 Å². The van der Waals surface area contributed by atoms with Crippen LogP contribution in [0.5, 0.6) is 0 Å². The van der Waals surface area contributed by atoms with Crippen molar-refractivity contribution in [3.05, 3.63) is 30.2 Å². The summed E-state index contributed by atoms with van der Waals surface area (Å²) in [7, 11) is 0. The van der Waals surface area contributed by atoms with Gasteiger partial charge in [-0.05, 0) is 6.07 Å². The van der Waals surface area contributed by atoms with E-state index in [2.05, 4.69) is 4.98 Å². The monoisotopic (exact) mass is 213 g/mol. The van der Waals surface area contributed by atoms with E-state index in [4.69, 9.17) is 4.42 Å². The van der Waals surface area contributed by atoms with E-state index < -0.39 is 0 Å². The van der Waals surface area contributed by atoms with Crippen molar-refractivity contribution in [2.75, 3.05) is 0 Å². The first kappa shape index (κ1) is 8.27. The van der Waals surface area contributed by atoms with Gasteiger partial charge in [0.1, 0.15) is 0 Å². The van der Waals surface area contributed by atoms with Gasteiger partial charge in [-0.25, -0.2) is 0 Å². The average molecular weight is 214 g/mol. The van der Waals surface area contributed by atoms with Crippen LogP contribution in [-0.2, 0) is 0 Å². The Morgan fingerprint density at radius 3 is 2.73 bits per heavy atom. The van der Waals surface area contributed by atoms with Gasteiger partial charge in [-0.1, -0.05) is 12.1 Å². The van der Waals surface area contributed by atoms with Crippen molar-refractivity contribution in [3.63, 3.8) is 0 Å². The van der Waals surface area contributed by atoms with Gasteiger partial charge in [-0.15, -0.1) is 0 Å². The first-order valence-corrected chi connectivity index (χ1v) is 3.24. The van der Waals surface area contributed by atoms with Crippen LogP contribution in [0.15, 0.2) is 28.7 Å². The highest BCUT2D eigenvalue weighted by atomic mass is 79.9. The number of oxazole rings is 1. The molecule has 0 saturated heterocycles. The number of halogens is 1. The molecule has 0 atom stereocenters. The lowest BCUT2D eigenvalue weighted by Crippen LogP contribution is -3.00. The number of aryl methyl sites for hydroxylation is 1. The third-order valence-electron chi connectivity index (χ3n) is 1.46. The van der Waals surface area contributed by atoms with Crippen LogP contribution < -0.4 is 22.0 Å². The number of aromatic amines is 1. The van der Waals surface area contributed by atoms with E-state index >= 15 is 0 Å². The third-order valence-corrected chi connectivity index (χ3v) is 1.46. The Bertz CT molecular complexity index is 323. The van der Waals surface area contributed by atoms with Gasteiger partial charge in [0.2, 0.25) is 11.1 Å². The second-order valence-electron chi connectivity index (χ2n) is 2.28.